The molecule has 0 aromatic heterocycles. The summed E-state index contributed by atoms with van der Waals surface area (Å²) in [5.41, 5.74) is 1.97. The van der Waals surface area contributed by atoms with Crippen LogP contribution in [0.5, 0.6) is 0 Å². The normalized spacial score (nSPS) is 20.8. The Labute approximate surface area is 121 Å². The molecule has 1 atom stereocenters. The molecule has 0 N–H and O–H groups in total. The molecule has 0 aliphatic carbocycles. The van der Waals surface area contributed by atoms with Crippen molar-refractivity contribution in [3.8, 4) is 6.07 Å². The molecule has 1 saturated heterocycles. The summed E-state index contributed by atoms with van der Waals surface area (Å²) in [6, 6.07) is 10.7. The summed E-state index contributed by atoms with van der Waals surface area (Å²) in [5.74, 6) is 0. The molecule has 2 rings (SSSR count). The number of hydrogen-bond acceptors (Lipinski definition) is 4. The van der Waals surface area contributed by atoms with Crippen LogP contribution in [0.4, 0.5) is 0 Å². The zero-order valence-electron chi connectivity index (χ0n) is 12.4. The van der Waals surface area contributed by atoms with Crippen LogP contribution in [0.2, 0.25) is 0 Å². The van der Waals surface area contributed by atoms with Gasteiger partial charge in [0.05, 0.1) is 18.2 Å². The molecule has 4 nitrogen and oxygen atoms in total. The van der Waals surface area contributed by atoms with Crippen molar-refractivity contribution < 1.29 is 4.74 Å². The lowest BCUT2D eigenvalue weighted by molar-refractivity contribution is 0.0557. The predicted molar refractivity (Wildman–Crippen MR) is 79.3 cm³/mol. The Bertz CT molecular complexity index is 469. The first-order valence-electron chi connectivity index (χ1n) is 7.17. The van der Waals surface area contributed by atoms with E-state index >= 15 is 0 Å². The summed E-state index contributed by atoms with van der Waals surface area (Å²) in [6.45, 7) is 8.24. The minimum absolute atomic E-state index is 0.554. The van der Waals surface area contributed by atoms with Crippen LogP contribution in [0.3, 0.4) is 0 Å². The molecular formula is C16H23N3O. The first-order chi connectivity index (χ1) is 9.72. The van der Waals surface area contributed by atoms with E-state index in [0.29, 0.717) is 6.04 Å². The number of nitrogens with zero attached hydrogens (tertiary/aromatic N) is 3. The molecule has 1 heterocycles. The molecule has 108 valence electrons. The standard InChI is InChI=1S/C16H23N3O/c1-14-12-18(6-7-19(14)8-9-20-2)13-16-5-3-4-15(10-16)11-17/h3-5,10,14H,6-9,12-13H2,1-2H3/t14-/m1/s1. The van der Waals surface area contributed by atoms with Crippen molar-refractivity contribution in [2.45, 2.75) is 19.5 Å². The van der Waals surface area contributed by atoms with Gasteiger partial charge in [-0.25, -0.2) is 0 Å². The molecule has 20 heavy (non-hydrogen) atoms. The molecular weight excluding hydrogens is 250 g/mol. The Morgan fingerprint density at radius 1 is 1.40 bits per heavy atom. The highest BCUT2D eigenvalue weighted by Gasteiger charge is 2.23. The topological polar surface area (TPSA) is 39.5 Å². The zero-order valence-corrected chi connectivity index (χ0v) is 12.4. The van der Waals surface area contributed by atoms with E-state index in [1.54, 1.807) is 7.11 Å². The summed E-state index contributed by atoms with van der Waals surface area (Å²) >= 11 is 0. The fraction of sp³-hybridized carbons (Fsp3) is 0.562. The Hall–Kier alpha value is -1.41. The average Bonchev–Trinajstić information content (AvgIpc) is 2.47. The van der Waals surface area contributed by atoms with Gasteiger partial charge in [0.2, 0.25) is 0 Å². The highest BCUT2D eigenvalue weighted by molar-refractivity contribution is 5.32. The van der Waals surface area contributed by atoms with Crippen LogP contribution in [0.15, 0.2) is 24.3 Å². The maximum atomic E-state index is 8.94. The number of nitriles is 1. The van der Waals surface area contributed by atoms with E-state index < -0.39 is 0 Å². The average molecular weight is 273 g/mol. The smallest absolute Gasteiger partial charge is 0.0991 e. The molecule has 1 aromatic rings. The molecule has 0 unspecified atom stereocenters. The molecule has 0 saturated carbocycles. The van der Waals surface area contributed by atoms with Gasteiger partial charge in [-0.05, 0) is 24.6 Å². The van der Waals surface area contributed by atoms with Gasteiger partial charge in [-0.1, -0.05) is 12.1 Å². The Morgan fingerprint density at radius 3 is 2.95 bits per heavy atom. The predicted octanol–water partition coefficient (Wildman–Crippen LogP) is 1.71. The SMILES string of the molecule is COCCN1CCN(Cc2cccc(C#N)c2)C[C@H]1C. The largest absolute Gasteiger partial charge is 0.383 e. The molecule has 1 aliphatic heterocycles. The first-order valence-corrected chi connectivity index (χ1v) is 7.17. The van der Waals surface area contributed by atoms with Crippen molar-refractivity contribution in [1.29, 1.82) is 5.26 Å². The lowest BCUT2D eigenvalue weighted by Gasteiger charge is -2.39. The molecule has 1 aromatic carbocycles. The third kappa shape index (κ3) is 4.04. The highest BCUT2D eigenvalue weighted by Crippen LogP contribution is 2.13. The van der Waals surface area contributed by atoms with E-state index in [9.17, 15) is 0 Å². The number of hydrogen-bond donors (Lipinski definition) is 0. The van der Waals surface area contributed by atoms with Gasteiger partial charge >= 0.3 is 0 Å². The molecule has 4 heteroatoms. The van der Waals surface area contributed by atoms with Crippen LogP contribution >= 0.6 is 0 Å². The highest BCUT2D eigenvalue weighted by atomic mass is 16.5. The van der Waals surface area contributed by atoms with Crippen LogP contribution in [-0.2, 0) is 11.3 Å². The Kier molecular flexibility index (Phi) is 5.54. The van der Waals surface area contributed by atoms with Crippen molar-refractivity contribution >= 4 is 0 Å². The Balaban J connectivity index is 1.88. The van der Waals surface area contributed by atoms with Gasteiger partial charge in [0.1, 0.15) is 0 Å². The van der Waals surface area contributed by atoms with E-state index in [-0.39, 0.29) is 0 Å². The molecule has 1 fully saturated rings. The summed E-state index contributed by atoms with van der Waals surface area (Å²) < 4.78 is 5.16. The molecule has 0 amide bonds. The molecule has 0 radical (unpaired) electrons. The van der Waals surface area contributed by atoms with Gasteiger partial charge in [-0.2, -0.15) is 5.26 Å². The maximum Gasteiger partial charge on any atom is 0.0991 e. The van der Waals surface area contributed by atoms with Gasteiger partial charge in [0, 0.05) is 45.9 Å². The third-order valence-electron chi connectivity index (χ3n) is 3.89. The molecule has 0 spiro atoms. The maximum absolute atomic E-state index is 8.94. The van der Waals surface area contributed by atoms with Gasteiger partial charge < -0.3 is 4.74 Å². The molecule has 1 aliphatic rings. The number of ether oxygens (including phenoxy) is 1. The van der Waals surface area contributed by atoms with E-state index in [1.165, 1.54) is 5.56 Å². The van der Waals surface area contributed by atoms with Gasteiger partial charge in [-0.15, -0.1) is 0 Å². The van der Waals surface area contributed by atoms with Crippen molar-refractivity contribution in [1.82, 2.24) is 9.80 Å². The van der Waals surface area contributed by atoms with E-state index in [2.05, 4.69) is 28.9 Å². The lowest BCUT2D eigenvalue weighted by atomic mass is 10.1. The van der Waals surface area contributed by atoms with Crippen molar-refractivity contribution in [2.75, 3.05) is 39.9 Å². The number of piperazine rings is 1. The summed E-state index contributed by atoms with van der Waals surface area (Å²) in [5, 5.41) is 8.94. The van der Waals surface area contributed by atoms with Gasteiger partial charge in [0.15, 0.2) is 0 Å². The van der Waals surface area contributed by atoms with Crippen LogP contribution < -0.4 is 0 Å². The van der Waals surface area contributed by atoms with Crippen LogP contribution in [0.25, 0.3) is 0 Å². The van der Waals surface area contributed by atoms with Crippen LogP contribution in [-0.4, -0.2) is 55.7 Å². The van der Waals surface area contributed by atoms with Gasteiger partial charge in [0.25, 0.3) is 0 Å². The van der Waals surface area contributed by atoms with Gasteiger partial charge in [-0.3, -0.25) is 9.80 Å². The number of rotatable bonds is 5. The summed E-state index contributed by atoms with van der Waals surface area (Å²) in [6.07, 6.45) is 0. The van der Waals surface area contributed by atoms with Crippen molar-refractivity contribution in [3.63, 3.8) is 0 Å². The fourth-order valence-electron chi connectivity index (χ4n) is 2.75. The number of benzene rings is 1. The zero-order chi connectivity index (χ0) is 14.4. The monoisotopic (exact) mass is 273 g/mol. The first kappa shape index (κ1) is 15.0. The minimum Gasteiger partial charge on any atom is -0.383 e. The second kappa shape index (κ2) is 7.39. The third-order valence-corrected chi connectivity index (χ3v) is 3.89. The van der Waals surface area contributed by atoms with Crippen molar-refractivity contribution in [3.05, 3.63) is 35.4 Å². The van der Waals surface area contributed by atoms with E-state index in [4.69, 9.17) is 10.00 Å². The second-order valence-corrected chi connectivity index (χ2v) is 5.43. The fourth-order valence-corrected chi connectivity index (χ4v) is 2.75. The van der Waals surface area contributed by atoms with Crippen molar-refractivity contribution in [2.24, 2.45) is 0 Å². The second-order valence-electron chi connectivity index (χ2n) is 5.43. The van der Waals surface area contributed by atoms with Crippen LogP contribution in [0.1, 0.15) is 18.1 Å². The lowest BCUT2D eigenvalue weighted by Crippen LogP contribution is -2.52. The summed E-state index contributed by atoms with van der Waals surface area (Å²) in [7, 11) is 1.75. The Morgan fingerprint density at radius 2 is 2.25 bits per heavy atom. The van der Waals surface area contributed by atoms with Crippen LogP contribution in [0, 0.1) is 11.3 Å². The summed E-state index contributed by atoms with van der Waals surface area (Å²) in [4.78, 5) is 4.94. The molecule has 0 bridgehead atoms. The quantitative estimate of drug-likeness (QED) is 0.819. The minimum atomic E-state index is 0.554. The van der Waals surface area contributed by atoms with E-state index in [1.807, 2.05) is 18.2 Å². The number of methoxy groups -OCH3 is 1. The van der Waals surface area contributed by atoms with E-state index in [0.717, 1.165) is 44.9 Å².